The predicted molar refractivity (Wildman–Crippen MR) is 155 cm³/mol. The fraction of sp³-hybridized carbons (Fsp3) is 0.484. The number of piperazine rings is 1. The number of esters is 1. The maximum Gasteiger partial charge on any atom is 0.329 e. The van der Waals surface area contributed by atoms with Crippen molar-refractivity contribution in [2.75, 3.05) is 44.7 Å². The molecule has 0 saturated carbocycles. The van der Waals surface area contributed by atoms with Crippen molar-refractivity contribution in [3.05, 3.63) is 59.2 Å². The summed E-state index contributed by atoms with van der Waals surface area (Å²) in [6, 6.07) is 13.4. The van der Waals surface area contributed by atoms with E-state index in [4.69, 9.17) is 4.74 Å². The van der Waals surface area contributed by atoms with Crippen molar-refractivity contribution in [1.82, 2.24) is 15.5 Å². The van der Waals surface area contributed by atoms with Crippen molar-refractivity contribution >= 4 is 35.5 Å². The predicted octanol–water partition coefficient (Wildman–Crippen LogP) is 5.37. The van der Waals surface area contributed by atoms with Gasteiger partial charge in [-0.3, -0.25) is 4.90 Å². The van der Waals surface area contributed by atoms with Gasteiger partial charge in [-0.15, -0.1) is 0 Å². The first kappa shape index (κ1) is 27.9. The fourth-order valence-electron chi connectivity index (χ4n) is 5.23. The average molecular weight is 519 g/mol. The normalized spacial score (nSPS) is 16.5. The molecule has 38 heavy (non-hydrogen) atoms. The molecule has 2 amide bonds. The highest BCUT2D eigenvalue weighted by Gasteiger charge is 2.37. The van der Waals surface area contributed by atoms with E-state index in [1.54, 1.807) is 9.80 Å². The van der Waals surface area contributed by atoms with Crippen molar-refractivity contribution in [3.8, 4) is 0 Å². The molecule has 0 aliphatic carbocycles. The molecule has 2 N–H and O–H groups in total. The van der Waals surface area contributed by atoms with Gasteiger partial charge in [0.05, 0.1) is 18.5 Å². The van der Waals surface area contributed by atoms with Gasteiger partial charge in [-0.25, -0.2) is 9.59 Å². The first-order valence-corrected chi connectivity index (χ1v) is 14.1. The molecule has 1 fully saturated rings. The average Bonchev–Trinajstić information content (AvgIpc) is 3.12. The van der Waals surface area contributed by atoms with Gasteiger partial charge in [0.25, 0.3) is 0 Å². The molecule has 4 rings (SSSR count). The lowest BCUT2D eigenvalue weighted by Crippen LogP contribution is -2.59. The molecule has 0 radical (unpaired) electrons. The van der Waals surface area contributed by atoms with Crippen LogP contribution in [-0.2, 0) is 16.0 Å². The zero-order chi connectivity index (χ0) is 26.7. The van der Waals surface area contributed by atoms with Crippen LogP contribution < -0.4 is 15.5 Å². The standard InChI is InChI=1S/C31H42N4O3/c1-3-4-9-18-32-19-10-5-6-11-24-14-17-28-26(22-24)16-15-25-12-7-8-13-27(25)35(28)31(37)34-21-20-33-23-29(34)30(36)38-2/h7-8,12-17,22,29,32-33H,3-6,9-11,18-21,23H2,1-2H3/t29-/m0/s1. The molecule has 0 unspecified atom stereocenters. The van der Waals surface area contributed by atoms with Gasteiger partial charge in [0.15, 0.2) is 0 Å². The minimum atomic E-state index is -0.659. The third kappa shape index (κ3) is 6.83. The van der Waals surface area contributed by atoms with Crippen molar-refractivity contribution in [3.63, 3.8) is 0 Å². The molecule has 0 spiro atoms. The van der Waals surface area contributed by atoms with Crippen LogP contribution in [0.25, 0.3) is 12.2 Å². The van der Waals surface area contributed by atoms with E-state index in [-0.39, 0.29) is 6.03 Å². The number of rotatable bonds is 11. The lowest BCUT2D eigenvalue weighted by atomic mass is 10.0. The SMILES string of the molecule is CCCCCNCCCCCc1ccc2c(c1)C=Cc1ccccc1N2C(=O)N1CCNC[C@H]1C(=O)OC. The maximum atomic E-state index is 14.1. The molecular weight excluding hydrogens is 476 g/mol. The summed E-state index contributed by atoms with van der Waals surface area (Å²) in [7, 11) is 1.37. The second-order valence-corrected chi connectivity index (χ2v) is 10.1. The number of ether oxygens (including phenoxy) is 1. The third-order valence-electron chi connectivity index (χ3n) is 7.38. The number of nitrogens with zero attached hydrogens (tertiary/aromatic N) is 2. The summed E-state index contributed by atoms with van der Waals surface area (Å²) < 4.78 is 5.01. The van der Waals surface area contributed by atoms with Crippen LogP contribution in [0.1, 0.15) is 62.1 Å². The number of carbonyl (C=O) groups excluding carboxylic acids is 2. The number of hydrogen-bond donors (Lipinski definition) is 2. The first-order valence-electron chi connectivity index (χ1n) is 14.1. The van der Waals surface area contributed by atoms with E-state index in [9.17, 15) is 9.59 Å². The molecule has 7 nitrogen and oxygen atoms in total. The monoisotopic (exact) mass is 518 g/mol. The lowest BCUT2D eigenvalue weighted by Gasteiger charge is -2.38. The Morgan fingerprint density at radius 1 is 0.974 bits per heavy atom. The number of anilines is 2. The summed E-state index contributed by atoms with van der Waals surface area (Å²) in [5.41, 5.74) is 4.90. The number of methoxy groups -OCH3 is 1. The summed E-state index contributed by atoms with van der Waals surface area (Å²) >= 11 is 0. The van der Waals surface area contributed by atoms with Crippen molar-refractivity contribution < 1.29 is 14.3 Å². The van der Waals surface area contributed by atoms with Crippen LogP contribution in [-0.4, -0.2) is 62.8 Å². The minimum Gasteiger partial charge on any atom is -0.467 e. The number of carbonyl (C=O) groups is 2. The molecule has 2 aromatic rings. The zero-order valence-electron chi connectivity index (χ0n) is 22.9. The molecule has 204 valence electrons. The lowest BCUT2D eigenvalue weighted by molar-refractivity contribution is -0.146. The summed E-state index contributed by atoms with van der Waals surface area (Å²) in [5, 5.41) is 6.76. The van der Waals surface area contributed by atoms with E-state index in [1.165, 1.54) is 44.8 Å². The van der Waals surface area contributed by atoms with Crippen LogP contribution in [0.15, 0.2) is 42.5 Å². The molecule has 2 aliphatic heterocycles. The fourth-order valence-corrected chi connectivity index (χ4v) is 5.23. The first-order chi connectivity index (χ1) is 18.6. The molecule has 0 aromatic heterocycles. The topological polar surface area (TPSA) is 73.9 Å². The van der Waals surface area contributed by atoms with Crippen molar-refractivity contribution in [2.24, 2.45) is 0 Å². The highest BCUT2D eigenvalue weighted by atomic mass is 16.5. The van der Waals surface area contributed by atoms with Gasteiger partial charge in [0.1, 0.15) is 6.04 Å². The van der Waals surface area contributed by atoms with Gasteiger partial charge in [-0.1, -0.05) is 62.6 Å². The Morgan fingerprint density at radius 3 is 2.55 bits per heavy atom. The largest absolute Gasteiger partial charge is 0.467 e. The van der Waals surface area contributed by atoms with Crippen LogP contribution in [0.3, 0.4) is 0 Å². The van der Waals surface area contributed by atoms with Crippen molar-refractivity contribution in [2.45, 2.75) is 57.9 Å². The number of para-hydroxylation sites is 1. The van der Waals surface area contributed by atoms with E-state index in [0.29, 0.717) is 19.6 Å². The van der Waals surface area contributed by atoms with Crippen LogP contribution in [0.2, 0.25) is 0 Å². The van der Waals surface area contributed by atoms with Crippen LogP contribution in [0, 0.1) is 0 Å². The summed E-state index contributed by atoms with van der Waals surface area (Å²) in [6.45, 7) is 5.89. The molecule has 7 heteroatoms. The van der Waals surface area contributed by atoms with E-state index >= 15 is 0 Å². The van der Waals surface area contributed by atoms with E-state index in [2.05, 4.69) is 47.9 Å². The smallest absolute Gasteiger partial charge is 0.329 e. The van der Waals surface area contributed by atoms with Gasteiger partial charge < -0.3 is 20.3 Å². The number of amides is 2. The Morgan fingerprint density at radius 2 is 1.74 bits per heavy atom. The Labute approximate surface area is 227 Å². The molecule has 2 aromatic carbocycles. The number of hydrogen-bond acceptors (Lipinski definition) is 5. The van der Waals surface area contributed by atoms with Gasteiger partial charge in [-0.2, -0.15) is 0 Å². The third-order valence-corrected chi connectivity index (χ3v) is 7.38. The van der Waals surface area contributed by atoms with Gasteiger partial charge in [-0.05, 0) is 73.7 Å². The summed E-state index contributed by atoms with van der Waals surface area (Å²) in [4.78, 5) is 30.0. The molecule has 1 atom stereocenters. The Kier molecular flexibility index (Phi) is 10.4. The number of fused-ring (bicyclic) bond motifs is 2. The Bertz CT molecular complexity index is 1120. The summed E-state index contributed by atoms with van der Waals surface area (Å²) in [5.74, 6) is -0.404. The molecule has 0 bridgehead atoms. The highest BCUT2D eigenvalue weighted by Crippen LogP contribution is 2.38. The number of urea groups is 1. The highest BCUT2D eigenvalue weighted by molar-refractivity contribution is 6.06. The zero-order valence-corrected chi connectivity index (χ0v) is 22.9. The number of nitrogens with one attached hydrogen (secondary N) is 2. The molecule has 2 heterocycles. The van der Waals surface area contributed by atoms with E-state index < -0.39 is 12.0 Å². The number of benzene rings is 2. The number of aryl methyl sites for hydroxylation is 1. The quantitative estimate of drug-likeness (QED) is 0.309. The second kappa shape index (κ2) is 14.1. The second-order valence-electron chi connectivity index (χ2n) is 10.1. The van der Waals surface area contributed by atoms with Crippen LogP contribution in [0.4, 0.5) is 16.2 Å². The molecule has 1 saturated heterocycles. The number of unbranched alkanes of at least 4 members (excludes halogenated alkanes) is 4. The van der Waals surface area contributed by atoms with Gasteiger partial charge in [0, 0.05) is 19.6 Å². The summed E-state index contributed by atoms with van der Waals surface area (Å²) in [6.07, 6.45) is 12.5. The van der Waals surface area contributed by atoms with Gasteiger partial charge >= 0.3 is 12.0 Å². The van der Waals surface area contributed by atoms with Crippen LogP contribution >= 0.6 is 0 Å². The molecule has 2 aliphatic rings. The van der Waals surface area contributed by atoms with Crippen LogP contribution in [0.5, 0.6) is 0 Å². The Hall–Kier alpha value is -3.16. The molecular formula is C31H42N4O3. The van der Waals surface area contributed by atoms with E-state index in [0.717, 1.165) is 48.4 Å². The minimum absolute atomic E-state index is 0.210. The maximum absolute atomic E-state index is 14.1. The van der Waals surface area contributed by atoms with Crippen molar-refractivity contribution in [1.29, 1.82) is 0 Å². The van der Waals surface area contributed by atoms with Gasteiger partial charge in [0.2, 0.25) is 0 Å². The Balaban J connectivity index is 1.49. The van der Waals surface area contributed by atoms with E-state index in [1.807, 2.05) is 24.3 Å².